The van der Waals surface area contributed by atoms with Crippen LogP contribution < -0.4 is 15.2 Å². The van der Waals surface area contributed by atoms with Crippen LogP contribution in [0.5, 0.6) is 11.5 Å². The molecule has 0 bridgehead atoms. The zero-order valence-corrected chi connectivity index (χ0v) is 10.8. The molecular formula is C13H20N2O3. The lowest BCUT2D eigenvalue weighted by atomic mass is 10.2. The van der Waals surface area contributed by atoms with E-state index in [0.29, 0.717) is 13.0 Å². The second-order valence-electron chi connectivity index (χ2n) is 4.05. The van der Waals surface area contributed by atoms with E-state index in [1.807, 2.05) is 25.1 Å². The Morgan fingerprint density at radius 1 is 1.33 bits per heavy atom. The Kier molecular flexibility index (Phi) is 5.84. The molecule has 0 spiro atoms. The maximum Gasteiger partial charge on any atom is 0.161 e. The molecule has 0 aliphatic carbocycles. The topological polar surface area (TPSA) is 77.1 Å². The zero-order valence-electron chi connectivity index (χ0n) is 10.8. The van der Waals surface area contributed by atoms with Gasteiger partial charge in [0.25, 0.3) is 0 Å². The van der Waals surface area contributed by atoms with Crippen LogP contribution in [0.2, 0.25) is 0 Å². The first-order valence-electron chi connectivity index (χ1n) is 5.91. The Morgan fingerprint density at radius 2 is 2.11 bits per heavy atom. The molecule has 0 aromatic heterocycles. The molecule has 0 fully saturated rings. The molecule has 5 nitrogen and oxygen atoms in total. The van der Waals surface area contributed by atoms with Crippen LogP contribution in [-0.4, -0.2) is 24.8 Å². The monoisotopic (exact) mass is 252 g/mol. The van der Waals surface area contributed by atoms with Crippen LogP contribution >= 0.6 is 0 Å². The van der Waals surface area contributed by atoms with Crippen molar-refractivity contribution in [2.24, 2.45) is 10.9 Å². The van der Waals surface area contributed by atoms with E-state index in [1.165, 1.54) is 0 Å². The molecule has 0 saturated carbocycles. The first-order valence-corrected chi connectivity index (χ1v) is 5.91. The van der Waals surface area contributed by atoms with E-state index in [0.717, 1.165) is 29.9 Å². The van der Waals surface area contributed by atoms with Crippen molar-refractivity contribution in [2.75, 3.05) is 13.7 Å². The number of methoxy groups -OCH3 is 1. The molecule has 0 saturated heterocycles. The lowest BCUT2D eigenvalue weighted by Crippen LogP contribution is -2.11. The van der Waals surface area contributed by atoms with E-state index < -0.39 is 0 Å². The van der Waals surface area contributed by atoms with Crippen LogP contribution in [0, 0.1) is 6.92 Å². The lowest BCUT2D eigenvalue weighted by Gasteiger charge is -2.11. The summed E-state index contributed by atoms with van der Waals surface area (Å²) in [6.07, 6.45) is 2.24. The van der Waals surface area contributed by atoms with Gasteiger partial charge < -0.3 is 20.4 Å². The fourth-order valence-electron chi connectivity index (χ4n) is 1.53. The summed E-state index contributed by atoms with van der Waals surface area (Å²) in [5, 5.41) is 11.3. The fourth-order valence-corrected chi connectivity index (χ4v) is 1.53. The highest BCUT2D eigenvalue weighted by Gasteiger charge is 2.04. The van der Waals surface area contributed by atoms with Gasteiger partial charge in [-0.3, -0.25) is 0 Å². The van der Waals surface area contributed by atoms with Crippen molar-refractivity contribution in [2.45, 2.75) is 26.2 Å². The molecule has 18 heavy (non-hydrogen) atoms. The van der Waals surface area contributed by atoms with Crippen LogP contribution in [0.1, 0.15) is 24.8 Å². The molecule has 0 aliphatic rings. The number of nitrogens with zero attached hydrogens (tertiary/aromatic N) is 1. The van der Waals surface area contributed by atoms with Gasteiger partial charge in [0.15, 0.2) is 11.5 Å². The van der Waals surface area contributed by atoms with Gasteiger partial charge in [0.1, 0.15) is 5.84 Å². The van der Waals surface area contributed by atoms with Crippen molar-refractivity contribution < 1.29 is 14.7 Å². The minimum atomic E-state index is 0.253. The number of ether oxygens (including phenoxy) is 2. The van der Waals surface area contributed by atoms with Crippen LogP contribution in [0.3, 0.4) is 0 Å². The van der Waals surface area contributed by atoms with Crippen molar-refractivity contribution >= 4 is 5.84 Å². The van der Waals surface area contributed by atoms with Crippen LogP contribution in [-0.2, 0) is 0 Å². The second kappa shape index (κ2) is 7.42. The first-order chi connectivity index (χ1) is 8.67. The Morgan fingerprint density at radius 3 is 2.78 bits per heavy atom. The number of rotatable bonds is 7. The Labute approximate surface area is 107 Å². The highest BCUT2D eigenvalue weighted by molar-refractivity contribution is 5.79. The highest BCUT2D eigenvalue weighted by Crippen LogP contribution is 2.27. The largest absolute Gasteiger partial charge is 0.493 e. The van der Waals surface area contributed by atoms with Gasteiger partial charge in [-0.25, -0.2) is 0 Å². The van der Waals surface area contributed by atoms with Gasteiger partial charge in [-0.05, 0) is 37.5 Å². The number of hydrogen-bond acceptors (Lipinski definition) is 4. The van der Waals surface area contributed by atoms with Gasteiger partial charge in [0, 0.05) is 6.42 Å². The summed E-state index contributed by atoms with van der Waals surface area (Å²) in [5.74, 6) is 1.74. The number of amidine groups is 1. The van der Waals surface area contributed by atoms with Gasteiger partial charge in [-0.1, -0.05) is 11.2 Å². The SMILES string of the molecule is COc1cc(C)ccc1OCCCC/C(N)=N/O. The van der Waals surface area contributed by atoms with E-state index in [-0.39, 0.29) is 5.84 Å². The predicted octanol–water partition coefficient (Wildman–Crippen LogP) is 2.30. The third-order valence-electron chi connectivity index (χ3n) is 2.53. The smallest absolute Gasteiger partial charge is 0.161 e. The number of benzene rings is 1. The molecule has 3 N–H and O–H groups in total. The third-order valence-corrected chi connectivity index (χ3v) is 2.53. The molecule has 1 aromatic rings. The number of nitrogens with two attached hydrogens (primary N) is 1. The summed E-state index contributed by atoms with van der Waals surface area (Å²) in [7, 11) is 1.63. The molecule has 0 unspecified atom stereocenters. The second-order valence-corrected chi connectivity index (χ2v) is 4.05. The fraction of sp³-hybridized carbons (Fsp3) is 0.462. The van der Waals surface area contributed by atoms with E-state index >= 15 is 0 Å². The first kappa shape index (κ1) is 14.2. The van der Waals surface area contributed by atoms with Gasteiger partial charge >= 0.3 is 0 Å². The van der Waals surface area contributed by atoms with Gasteiger partial charge in [-0.2, -0.15) is 0 Å². The summed E-state index contributed by atoms with van der Waals surface area (Å²) in [5.41, 5.74) is 6.50. The minimum absolute atomic E-state index is 0.253. The summed E-state index contributed by atoms with van der Waals surface area (Å²) in [6.45, 7) is 2.58. The molecule has 1 aromatic carbocycles. The maximum atomic E-state index is 8.38. The molecular weight excluding hydrogens is 232 g/mol. The van der Waals surface area contributed by atoms with E-state index in [1.54, 1.807) is 7.11 Å². The Hall–Kier alpha value is -1.91. The van der Waals surface area contributed by atoms with E-state index in [2.05, 4.69) is 5.16 Å². The zero-order chi connectivity index (χ0) is 13.4. The van der Waals surface area contributed by atoms with Crippen molar-refractivity contribution in [3.8, 4) is 11.5 Å². The molecule has 5 heteroatoms. The maximum absolute atomic E-state index is 8.38. The lowest BCUT2D eigenvalue weighted by molar-refractivity contribution is 0.286. The van der Waals surface area contributed by atoms with Crippen molar-refractivity contribution in [1.29, 1.82) is 0 Å². The summed E-state index contributed by atoms with van der Waals surface area (Å²) >= 11 is 0. The number of unbranched alkanes of at least 4 members (excludes halogenated alkanes) is 1. The number of aryl methyl sites for hydroxylation is 1. The molecule has 1 rings (SSSR count). The normalized spacial score (nSPS) is 11.3. The molecule has 0 aliphatic heterocycles. The molecule has 0 radical (unpaired) electrons. The Balaban J connectivity index is 2.35. The number of oxime groups is 1. The standard InChI is InChI=1S/C13H20N2O3/c1-10-6-7-11(12(9-10)17-2)18-8-4-3-5-13(14)15-16/h6-7,9,16H,3-5,8H2,1-2H3,(H2,14,15). The minimum Gasteiger partial charge on any atom is -0.493 e. The average Bonchev–Trinajstić information content (AvgIpc) is 2.39. The molecule has 100 valence electrons. The van der Waals surface area contributed by atoms with Crippen LogP contribution in [0.25, 0.3) is 0 Å². The molecule has 0 atom stereocenters. The highest BCUT2D eigenvalue weighted by atomic mass is 16.5. The van der Waals surface area contributed by atoms with Crippen molar-refractivity contribution in [1.82, 2.24) is 0 Å². The van der Waals surface area contributed by atoms with Gasteiger partial charge in [0.2, 0.25) is 0 Å². The van der Waals surface area contributed by atoms with Crippen LogP contribution in [0.15, 0.2) is 23.4 Å². The van der Waals surface area contributed by atoms with Crippen molar-refractivity contribution in [3.05, 3.63) is 23.8 Å². The van der Waals surface area contributed by atoms with Crippen LogP contribution in [0.4, 0.5) is 0 Å². The third kappa shape index (κ3) is 4.53. The number of hydrogen-bond donors (Lipinski definition) is 2. The summed E-state index contributed by atoms with van der Waals surface area (Å²) < 4.78 is 10.9. The molecule has 0 heterocycles. The Bertz CT molecular complexity index is 405. The predicted molar refractivity (Wildman–Crippen MR) is 70.5 cm³/mol. The van der Waals surface area contributed by atoms with E-state index in [9.17, 15) is 0 Å². The summed E-state index contributed by atoms with van der Waals surface area (Å²) in [6, 6.07) is 5.82. The van der Waals surface area contributed by atoms with Crippen molar-refractivity contribution in [3.63, 3.8) is 0 Å². The summed E-state index contributed by atoms with van der Waals surface area (Å²) in [4.78, 5) is 0. The average molecular weight is 252 g/mol. The van der Waals surface area contributed by atoms with Gasteiger partial charge in [0.05, 0.1) is 13.7 Å². The molecule has 0 amide bonds. The van der Waals surface area contributed by atoms with Gasteiger partial charge in [-0.15, -0.1) is 0 Å². The quantitative estimate of drug-likeness (QED) is 0.257. The van der Waals surface area contributed by atoms with E-state index in [4.69, 9.17) is 20.4 Å².